The number of fused-ring (bicyclic) bond motifs is 2. The number of benzene rings is 1. The van der Waals surface area contributed by atoms with Gasteiger partial charge in [0.1, 0.15) is 0 Å². The molecule has 30 heavy (non-hydrogen) atoms. The molecule has 0 N–H and O–H groups in total. The highest BCUT2D eigenvalue weighted by molar-refractivity contribution is 7.10. The summed E-state index contributed by atoms with van der Waals surface area (Å²) in [5.74, 6) is 1.64. The average Bonchev–Trinajstić information content (AvgIpc) is 3.39. The highest BCUT2D eigenvalue weighted by atomic mass is 32.1. The molecule has 6 nitrogen and oxygen atoms in total. The number of aromatic nitrogens is 3. The van der Waals surface area contributed by atoms with Crippen LogP contribution in [0.4, 0.5) is 0 Å². The first kappa shape index (κ1) is 18.8. The van der Waals surface area contributed by atoms with Gasteiger partial charge >= 0.3 is 0 Å². The third-order valence-corrected chi connectivity index (χ3v) is 6.69. The molecule has 3 heterocycles. The summed E-state index contributed by atoms with van der Waals surface area (Å²) in [5.41, 5.74) is 5.00. The summed E-state index contributed by atoms with van der Waals surface area (Å²) in [6.07, 6.45) is 3.11. The van der Waals surface area contributed by atoms with Gasteiger partial charge in [0.15, 0.2) is 22.9 Å². The normalized spacial score (nSPS) is 16.0. The van der Waals surface area contributed by atoms with Gasteiger partial charge in [-0.3, -0.25) is 4.79 Å². The van der Waals surface area contributed by atoms with Crippen molar-refractivity contribution in [3.05, 3.63) is 63.7 Å². The molecule has 0 aliphatic heterocycles. The number of carbonyl (C=O) groups excluding carboxylic acids is 1. The third-order valence-electron chi connectivity index (χ3n) is 5.65. The van der Waals surface area contributed by atoms with Crippen LogP contribution in [0.5, 0.6) is 11.5 Å². The van der Waals surface area contributed by atoms with E-state index in [0.717, 1.165) is 34.6 Å². The van der Waals surface area contributed by atoms with Gasteiger partial charge in [0.05, 0.1) is 31.2 Å². The van der Waals surface area contributed by atoms with Gasteiger partial charge in [0.2, 0.25) is 0 Å². The quantitative estimate of drug-likeness (QED) is 0.480. The van der Waals surface area contributed by atoms with Crippen LogP contribution in [0.2, 0.25) is 0 Å². The van der Waals surface area contributed by atoms with Gasteiger partial charge in [0.25, 0.3) is 0 Å². The second-order valence-electron chi connectivity index (χ2n) is 7.44. The molecule has 152 valence electrons. The number of ether oxygens (including phenoxy) is 2. The van der Waals surface area contributed by atoms with E-state index in [1.165, 1.54) is 4.88 Å². The average molecular weight is 420 g/mol. The Morgan fingerprint density at radius 1 is 1.13 bits per heavy atom. The Labute approximate surface area is 178 Å². The number of Topliss-reactive ketones (excluding diaryl/α,β-unsaturated/α-hetero) is 1. The Balaban J connectivity index is 1.64. The van der Waals surface area contributed by atoms with Gasteiger partial charge in [-0.05, 0) is 42.5 Å². The van der Waals surface area contributed by atoms with Crippen LogP contribution >= 0.6 is 11.3 Å². The van der Waals surface area contributed by atoms with Gasteiger partial charge in [0, 0.05) is 29.0 Å². The predicted molar refractivity (Wildman–Crippen MR) is 116 cm³/mol. The van der Waals surface area contributed by atoms with Gasteiger partial charge < -0.3 is 9.47 Å². The number of aryl methyl sites for hydroxylation is 1. The van der Waals surface area contributed by atoms with E-state index in [4.69, 9.17) is 14.5 Å². The lowest BCUT2D eigenvalue weighted by Crippen LogP contribution is -2.20. The zero-order valence-electron chi connectivity index (χ0n) is 17.0. The van der Waals surface area contributed by atoms with Crippen molar-refractivity contribution in [2.75, 3.05) is 14.2 Å². The topological polar surface area (TPSA) is 65.7 Å². The van der Waals surface area contributed by atoms with Crippen LogP contribution in [0, 0.1) is 6.92 Å². The molecule has 1 aliphatic rings. The van der Waals surface area contributed by atoms with E-state index >= 15 is 0 Å². The molecule has 0 saturated carbocycles. The fourth-order valence-electron chi connectivity index (χ4n) is 4.20. The zero-order chi connectivity index (χ0) is 20.8. The number of carbonyl (C=O) groups is 1. The molecule has 4 aromatic rings. The number of ketones is 1. The van der Waals surface area contributed by atoms with Crippen molar-refractivity contribution in [2.24, 2.45) is 0 Å². The molecule has 7 heteroatoms. The van der Waals surface area contributed by atoms with Crippen LogP contribution in [0.1, 0.15) is 39.0 Å². The summed E-state index contributed by atoms with van der Waals surface area (Å²) in [6.45, 7) is 1.95. The molecule has 0 spiro atoms. The number of nitrogens with zero attached hydrogens (tertiary/aromatic N) is 3. The third kappa shape index (κ3) is 2.97. The van der Waals surface area contributed by atoms with Crippen molar-refractivity contribution < 1.29 is 14.3 Å². The van der Waals surface area contributed by atoms with Crippen LogP contribution in [-0.2, 0) is 6.42 Å². The first-order valence-electron chi connectivity index (χ1n) is 9.77. The molecule has 1 atom stereocenters. The lowest BCUT2D eigenvalue weighted by Gasteiger charge is -2.22. The zero-order valence-corrected chi connectivity index (χ0v) is 17.8. The molecule has 1 unspecified atom stereocenters. The first-order chi connectivity index (χ1) is 14.6. The van der Waals surface area contributed by atoms with Gasteiger partial charge in [-0.2, -0.15) is 5.10 Å². The summed E-state index contributed by atoms with van der Waals surface area (Å²) in [5, 5.41) is 6.69. The van der Waals surface area contributed by atoms with Crippen LogP contribution in [0.25, 0.3) is 16.8 Å². The predicted octanol–water partition coefficient (Wildman–Crippen LogP) is 4.70. The molecule has 1 aromatic carbocycles. The van der Waals surface area contributed by atoms with Crippen LogP contribution in [0.15, 0.2) is 41.9 Å². The summed E-state index contributed by atoms with van der Waals surface area (Å²) in [7, 11) is 3.24. The molecule has 5 rings (SSSR count). The summed E-state index contributed by atoms with van der Waals surface area (Å²) in [6, 6.07) is 9.93. The highest BCUT2D eigenvalue weighted by Gasteiger charge is 2.29. The molecule has 0 fully saturated rings. The van der Waals surface area contributed by atoms with Crippen LogP contribution in [0.3, 0.4) is 0 Å². The Hall–Kier alpha value is -3.19. The maximum absolute atomic E-state index is 12.8. The minimum atomic E-state index is 0.130. The number of methoxy groups -OCH3 is 2. The molecular weight excluding hydrogens is 398 g/mol. The van der Waals surface area contributed by atoms with E-state index in [1.54, 1.807) is 30.1 Å². The van der Waals surface area contributed by atoms with E-state index in [2.05, 4.69) is 16.5 Å². The van der Waals surface area contributed by atoms with Crippen molar-refractivity contribution in [3.63, 3.8) is 0 Å². The van der Waals surface area contributed by atoms with Crippen molar-refractivity contribution >= 4 is 22.8 Å². The number of hydrogen-bond donors (Lipinski definition) is 0. The SMILES string of the molecule is COc1ccc(-c2c(C)nn3cc4c(nc23)CC(c2cccs2)CC4=O)cc1OC. The maximum atomic E-state index is 12.8. The monoisotopic (exact) mass is 419 g/mol. The number of rotatable bonds is 4. The molecule has 1 aliphatic carbocycles. The lowest BCUT2D eigenvalue weighted by molar-refractivity contribution is 0.0963. The summed E-state index contributed by atoms with van der Waals surface area (Å²) in [4.78, 5) is 19.0. The Morgan fingerprint density at radius 2 is 1.97 bits per heavy atom. The lowest BCUT2D eigenvalue weighted by atomic mass is 9.85. The van der Waals surface area contributed by atoms with E-state index < -0.39 is 0 Å². The largest absolute Gasteiger partial charge is 0.493 e. The molecule has 3 aromatic heterocycles. The molecule has 0 saturated heterocycles. The summed E-state index contributed by atoms with van der Waals surface area (Å²) < 4.78 is 12.6. The van der Waals surface area contributed by atoms with E-state index in [-0.39, 0.29) is 11.7 Å². The Bertz CT molecular complexity index is 1260. The summed E-state index contributed by atoms with van der Waals surface area (Å²) >= 11 is 1.70. The molecule has 0 bridgehead atoms. The smallest absolute Gasteiger partial charge is 0.166 e. The van der Waals surface area contributed by atoms with Crippen LogP contribution in [-0.4, -0.2) is 34.6 Å². The van der Waals surface area contributed by atoms with Crippen molar-refractivity contribution in [1.82, 2.24) is 14.6 Å². The molecular formula is C23H21N3O3S. The van der Waals surface area contributed by atoms with E-state index in [0.29, 0.717) is 23.5 Å². The fraction of sp³-hybridized carbons (Fsp3) is 0.261. The van der Waals surface area contributed by atoms with Gasteiger partial charge in [-0.1, -0.05) is 12.1 Å². The van der Waals surface area contributed by atoms with Crippen molar-refractivity contribution in [1.29, 1.82) is 0 Å². The number of thiophene rings is 1. The van der Waals surface area contributed by atoms with E-state index in [1.807, 2.05) is 37.4 Å². The molecule has 0 amide bonds. The Morgan fingerprint density at radius 3 is 2.70 bits per heavy atom. The minimum Gasteiger partial charge on any atom is -0.493 e. The van der Waals surface area contributed by atoms with Gasteiger partial charge in [-0.25, -0.2) is 9.50 Å². The molecule has 0 radical (unpaired) electrons. The minimum absolute atomic E-state index is 0.130. The fourth-order valence-corrected chi connectivity index (χ4v) is 5.03. The van der Waals surface area contributed by atoms with Crippen molar-refractivity contribution in [2.45, 2.75) is 25.7 Å². The second-order valence-corrected chi connectivity index (χ2v) is 8.42. The standard InChI is InChI=1S/C23H21N3O3S/c1-13-22(14-6-7-19(28-2)20(11-14)29-3)23-24-17-9-15(21-5-4-8-30-21)10-18(27)16(17)12-26(23)25-13/h4-8,11-12,15H,9-10H2,1-3H3. The van der Waals surface area contributed by atoms with Gasteiger partial charge in [-0.15, -0.1) is 11.3 Å². The van der Waals surface area contributed by atoms with Crippen molar-refractivity contribution in [3.8, 4) is 22.6 Å². The van der Waals surface area contributed by atoms with E-state index in [9.17, 15) is 4.79 Å². The maximum Gasteiger partial charge on any atom is 0.166 e. The highest BCUT2D eigenvalue weighted by Crippen LogP contribution is 2.38. The van der Waals surface area contributed by atoms with Crippen LogP contribution < -0.4 is 9.47 Å². The Kier molecular flexibility index (Phi) is 4.55. The second kappa shape index (κ2) is 7.25. The first-order valence-corrected chi connectivity index (χ1v) is 10.6. The number of hydrogen-bond acceptors (Lipinski definition) is 6.